The number of rotatable bonds is 4. The smallest absolute Gasteiger partial charge is 0.125 e. The molecule has 2 atom stereocenters. The van der Waals surface area contributed by atoms with Gasteiger partial charge in [-0.25, -0.2) is 4.98 Å². The van der Waals surface area contributed by atoms with Gasteiger partial charge >= 0.3 is 0 Å². The molecule has 3 heteroatoms. The molecular weight excluding hydrogens is 232 g/mol. The number of hydrogen-bond acceptors (Lipinski definition) is 2. The van der Waals surface area contributed by atoms with E-state index in [-0.39, 0.29) is 0 Å². The second-order valence-corrected chi connectivity index (χ2v) is 5.37. The predicted molar refractivity (Wildman–Crippen MR) is 73.6 cm³/mol. The molecule has 2 nitrogen and oxygen atoms in total. The van der Waals surface area contributed by atoms with Crippen molar-refractivity contribution >= 4 is 17.4 Å². The zero-order valence-corrected chi connectivity index (χ0v) is 11.2. The van der Waals surface area contributed by atoms with Crippen molar-refractivity contribution in [1.29, 1.82) is 0 Å². The number of nitrogens with zero attached hydrogens (tertiary/aromatic N) is 1. The van der Waals surface area contributed by atoms with Crippen LogP contribution in [-0.4, -0.2) is 17.4 Å². The summed E-state index contributed by atoms with van der Waals surface area (Å²) < 4.78 is 0. The number of nitrogens with one attached hydrogen (secondary N) is 1. The van der Waals surface area contributed by atoms with Crippen LogP contribution in [0.3, 0.4) is 0 Å². The standard InChI is InChI=1S/C14H21ClN2/c1-11-6-7-14(16-9-11)17-10-13-5-3-2-4-12(13)8-15/h6-7,9,12-13H,2-5,8,10H2,1H3,(H,16,17). The molecule has 2 rings (SSSR count). The fourth-order valence-electron chi connectivity index (χ4n) is 2.56. The maximum atomic E-state index is 6.03. The molecule has 0 aliphatic heterocycles. The molecule has 0 amide bonds. The molecule has 2 unspecified atom stereocenters. The van der Waals surface area contributed by atoms with Gasteiger partial charge in [-0.3, -0.25) is 0 Å². The van der Waals surface area contributed by atoms with E-state index in [1.807, 2.05) is 12.3 Å². The number of pyridine rings is 1. The first-order valence-corrected chi connectivity index (χ1v) is 7.05. The summed E-state index contributed by atoms with van der Waals surface area (Å²) in [7, 11) is 0. The molecule has 0 radical (unpaired) electrons. The highest BCUT2D eigenvalue weighted by Crippen LogP contribution is 2.30. The third kappa shape index (κ3) is 3.60. The van der Waals surface area contributed by atoms with Crippen LogP contribution in [0.4, 0.5) is 5.82 Å². The Morgan fingerprint density at radius 3 is 2.71 bits per heavy atom. The highest BCUT2D eigenvalue weighted by molar-refractivity contribution is 6.18. The third-order valence-electron chi connectivity index (χ3n) is 3.72. The summed E-state index contributed by atoms with van der Waals surface area (Å²) >= 11 is 6.03. The van der Waals surface area contributed by atoms with Gasteiger partial charge in [-0.05, 0) is 43.2 Å². The van der Waals surface area contributed by atoms with Gasteiger partial charge in [-0.1, -0.05) is 18.9 Å². The minimum atomic E-state index is 0.684. The summed E-state index contributed by atoms with van der Waals surface area (Å²) in [4.78, 5) is 4.37. The Morgan fingerprint density at radius 1 is 1.29 bits per heavy atom. The van der Waals surface area contributed by atoms with Crippen LogP contribution in [0.2, 0.25) is 0 Å². The average Bonchev–Trinajstić information content (AvgIpc) is 2.38. The molecule has 0 bridgehead atoms. The van der Waals surface area contributed by atoms with Crippen molar-refractivity contribution < 1.29 is 0 Å². The van der Waals surface area contributed by atoms with E-state index in [9.17, 15) is 0 Å². The van der Waals surface area contributed by atoms with Crippen LogP contribution in [0.15, 0.2) is 18.3 Å². The predicted octanol–water partition coefficient (Wildman–Crippen LogP) is 3.85. The van der Waals surface area contributed by atoms with E-state index in [2.05, 4.69) is 23.3 Å². The molecule has 94 valence electrons. The number of aromatic nitrogens is 1. The lowest BCUT2D eigenvalue weighted by Gasteiger charge is -2.30. The van der Waals surface area contributed by atoms with Crippen molar-refractivity contribution in [2.24, 2.45) is 11.8 Å². The zero-order chi connectivity index (χ0) is 12.1. The molecular formula is C14H21ClN2. The lowest BCUT2D eigenvalue weighted by atomic mass is 9.80. The van der Waals surface area contributed by atoms with E-state index in [1.165, 1.54) is 31.2 Å². The second-order valence-electron chi connectivity index (χ2n) is 5.06. The Morgan fingerprint density at radius 2 is 2.06 bits per heavy atom. The van der Waals surface area contributed by atoms with Gasteiger partial charge in [-0.2, -0.15) is 0 Å². The van der Waals surface area contributed by atoms with Crippen LogP contribution >= 0.6 is 11.6 Å². The van der Waals surface area contributed by atoms with E-state index in [0.717, 1.165) is 18.2 Å². The Labute approximate surface area is 109 Å². The van der Waals surface area contributed by atoms with E-state index in [1.54, 1.807) is 0 Å². The summed E-state index contributed by atoms with van der Waals surface area (Å²) in [6, 6.07) is 4.14. The Kier molecular flexibility index (Phi) is 4.66. The Balaban J connectivity index is 1.86. The topological polar surface area (TPSA) is 24.9 Å². The van der Waals surface area contributed by atoms with Crippen LogP contribution in [0.1, 0.15) is 31.2 Å². The average molecular weight is 253 g/mol. The molecule has 0 saturated heterocycles. The molecule has 1 aromatic heterocycles. The lowest BCUT2D eigenvalue weighted by Crippen LogP contribution is -2.27. The summed E-state index contributed by atoms with van der Waals surface area (Å²) in [6.45, 7) is 3.06. The van der Waals surface area contributed by atoms with Crippen LogP contribution in [0, 0.1) is 18.8 Å². The number of halogens is 1. The van der Waals surface area contributed by atoms with Crippen LogP contribution < -0.4 is 5.32 Å². The van der Waals surface area contributed by atoms with Crippen LogP contribution in [-0.2, 0) is 0 Å². The molecule has 1 N–H and O–H groups in total. The van der Waals surface area contributed by atoms with E-state index < -0.39 is 0 Å². The Hall–Kier alpha value is -0.760. The number of anilines is 1. The fourth-order valence-corrected chi connectivity index (χ4v) is 2.97. The monoisotopic (exact) mass is 252 g/mol. The number of hydrogen-bond donors (Lipinski definition) is 1. The summed E-state index contributed by atoms with van der Waals surface area (Å²) in [5, 5.41) is 3.44. The minimum absolute atomic E-state index is 0.684. The second kappa shape index (κ2) is 6.25. The maximum Gasteiger partial charge on any atom is 0.125 e. The largest absolute Gasteiger partial charge is 0.370 e. The quantitative estimate of drug-likeness (QED) is 0.824. The first-order valence-electron chi connectivity index (χ1n) is 6.52. The van der Waals surface area contributed by atoms with Crippen molar-refractivity contribution in [3.05, 3.63) is 23.9 Å². The highest BCUT2D eigenvalue weighted by atomic mass is 35.5. The van der Waals surface area contributed by atoms with Gasteiger partial charge in [0.1, 0.15) is 5.82 Å². The van der Waals surface area contributed by atoms with Crippen molar-refractivity contribution in [1.82, 2.24) is 4.98 Å². The number of alkyl halides is 1. The van der Waals surface area contributed by atoms with Crippen LogP contribution in [0.25, 0.3) is 0 Å². The van der Waals surface area contributed by atoms with Gasteiger partial charge in [0, 0.05) is 18.6 Å². The van der Waals surface area contributed by atoms with Crippen molar-refractivity contribution in [3.63, 3.8) is 0 Å². The first-order chi connectivity index (χ1) is 8.29. The number of aryl methyl sites for hydroxylation is 1. The molecule has 0 spiro atoms. The molecule has 1 heterocycles. The van der Waals surface area contributed by atoms with Crippen molar-refractivity contribution in [3.8, 4) is 0 Å². The highest BCUT2D eigenvalue weighted by Gasteiger charge is 2.23. The summed E-state index contributed by atoms with van der Waals surface area (Å²) in [5.41, 5.74) is 1.20. The van der Waals surface area contributed by atoms with Gasteiger partial charge in [0.05, 0.1) is 0 Å². The molecule has 17 heavy (non-hydrogen) atoms. The zero-order valence-electron chi connectivity index (χ0n) is 10.5. The molecule has 1 fully saturated rings. The van der Waals surface area contributed by atoms with Gasteiger partial charge in [0.25, 0.3) is 0 Å². The van der Waals surface area contributed by atoms with Gasteiger partial charge in [0.15, 0.2) is 0 Å². The fraction of sp³-hybridized carbons (Fsp3) is 0.643. The molecule has 1 saturated carbocycles. The van der Waals surface area contributed by atoms with E-state index in [0.29, 0.717) is 11.8 Å². The Bertz CT molecular complexity index is 337. The molecule has 1 aliphatic carbocycles. The lowest BCUT2D eigenvalue weighted by molar-refractivity contribution is 0.272. The van der Waals surface area contributed by atoms with Crippen molar-refractivity contribution in [2.45, 2.75) is 32.6 Å². The molecule has 0 aromatic carbocycles. The van der Waals surface area contributed by atoms with E-state index >= 15 is 0 Å². The molecule has 1 aliphatic rings. The van der Waals surface area contributed by atoms with Gasteiger partial charge in [0.2, 0.25) is 0 Å². The summed E-state index contributed by atoms with van der Waals surface area (Å²) in [6.07, 6.45) is 7.19. The van der Waals surface area contributed by atoms with E-state index in [4.69, 9.17) is 11.6 Å². The normalized spacial score (nSPS) is 24.6. The van der Waals surface area contributed by atoms with Crippen LogP contribution in [0.5, 0.6) is 0 Å². The first kappa shape index (κ1) is 12.7. The minimum Gasteiger partial charge on any atom is -0.370 e. The SMILES string of the molecule is Cc1ccc(NCC2CCCCC2CCl)nc1. The third-order valence-corrected chi connectivity index (χ3v) is 4.12. The van der Waals surface area contributed by atoms with Gasteiger partial charge < -0.3 is 5.32 Å². The summed E-state index contributed by atoms with van der Waals surface area (Å²) in [5.74, 6) is 3.18. The van der Waals surface area contributed by atoms with Gasteiger partial charge in [-0.15, -0.1) is 11.6 Å². The molecule has 1 aromatic rings. The van der Waals surface area contributed by atoms with Crippen molar-refractivity contribution in [2.75, 3.05) is 17.7 Å². The maximum absolute atomic E-state index is 6.03.